The molecule has 1 unspecified atom stereocenters. The van der Waals surface area contributed by atoms with Crippen LogP contribution in [-0.4, -0.2) is 50.5 Å². The number of carbonyl (C=O) groups is 1. The van der Waals surface area contributed by atoms with E-state index in [0.29, 0.717) is 18.9 Å². The highest BCUT2D eigenvalue weighted by Gasteiger charge is 2.26. The lowest BCUT2D eigenvalue weighted by molar-refractivity contribution is -0.125. The van der Waals surface area contributed by atoms with E-state index in [0.717, 1.165) is 38.0 Å². The van der Waals surface area contributed by atoms with Gasteiger partial charge in [-0.3, -0.25) is 4.79 Å². The molecule has 0 spiro atoms. The summed E-state index contributed by atoms with van der Waals surface area (Å²) in [6, 6.07) is 14.1. The van der Waals surface area contributed by atoms with Crippen molar-refractivity contribution in [3.05, 3.63) is 60.7 Å². The fraction of sp³-hybridized carbons (Fsp3) is 0.381. The molecule has 1 amide bonds. The van der Waals surface area contributed by atoms with Crippen LogP contribution in [0.2, 0.25) is 0 Å². The molecule has 0 aliphatic carbocycles. The van der Waals surface area contributed by atoms with Crippen molar-refractivity contribution in [1.29, 1.82) is 0 Å². The van der Waals surface area contributed by atoms with Gasteiger partial charge in [0.2, 0.25) is 5.91 Å². The molecule has 0 saturated carbocycles. The molecule has 8 nitrogen and oxygen atoms in total. The summed E-state index contributed by atoms with van der Waals surface area (Å²) in [7, 11) is 0. The van der Waals surface area contributed by atoms with Crippen molar-refractivity contribution in [1.82, 2.24) is 30.3 Å². The Kier molecular flexibility index (Phi) is 6.09. The molecule has 29 heavy (non-hydrogen) atoms. The summed E-state index contributed by atoms with van der Waals surface area (Å²) in [6.07, 6.45) is 6.85. The average Bonchev–Trinajstić information content (AvgIpc) is 3.32. The van der Waals surface area contributed by atoms with Crippen LogP contribution in [0.5, 0.6) is 0 Å². The van der Waals surface area contributed by atoms with Crippen molar-refractivity contribution < 1.29 is 4.79 Å². The van der Waals surface area contributed by atoms with Gasteiger partial charge in [0, 0.05) is 19.6 Å². The second-order valence-electron chi connectivity index (χ2n) is 7.26. The molecule has 1 aliphatic heterocycles. The SMILES string of the molecule is O=C(NCCCc1ccccc1)C1CCCN(c2ccc(-n3cncn3)nn2)C1. The Hall–Kier alpha value is -3.29. The Balaban J connectivity index is 1.27. The fourth-order valence-electron chi connectivity index (χ4n) is 3.63. The molecule has 0 bridgehead atoms. The van der Waals surface area contributed by atoms with Crippen molar-refractivity contribution >= 4 is 11.7 Å². The molecular formula is C21H25N7O. The third-order valence-electron chi connectivity index (χ3n) is 5.19. The van der Waals surface area contributed by atoms with E-state index in [1.54, 1.807) is 11.0 Å². The van der Waals surface area contributed by atoms with Gasteiger partial charge in [0.05, 0.1) is 5.92 Å². The second-order valence-corrected chi connectivity index (χ2v) is 7.26. The maximum Gasteiger partial charge on any atom is 0.224 e. The van der Waals surface area contributed by atoms with Crippen LogP contribution >= 0.6 is 0 Å². The number of nitrogens with one attached hydrogen (secondary N) is 1. The molecule has 4 rings (SSSR count). The van der Waals surface area contributed by atoms with Crippen molar-refractivity contribution in [2.75, 3.05) is 24.5 Å². The highest BCUT2D eigenvalue weighted by molar-refractivity contribution is 5.79. The molecule has 1 N–H and O–H groups in total. The van der Waals surface area contributed by atoms with Crippen molar-refractivity contribution in [3.63, 3.8) is 0 Å². The summed E-state index contributed by atoms with van der Waals surface area (Å²) in [6.45, 7) is 2.26. The predicted octanol–water partition coefficient (Wildman–Crippen LogP) is 2.02. The number of hydrogen-bond acceptors (Lipinski definition) is 6. The largest absolute Gasteiger partial charge is 0.356 e. The van der Waals surface area contributed by atoms with Gasteiger partial charge < -0.3 is 10.2 Å². The van der Waals surface area contributed by atoms with Crippen LogP contribution < -0.4 is 10.2 Å². The smallest absolute Gasteiger partial charge is 0.224 e. The van der Waals surface area contributed by atoms with Crippen LogP contribution in [0, 0.1) is 5.92 Å². The van der Waals surface area contributed by atoms with E-state index in [1.807, 2.05) is 30.3 Å². The normalized spacial score (nSPS) is 16.6. The summed E-state index contributed by atoms with van der Waals surface area (Å²) >= 11 is 0. The van der Waals surface area contributed by atoms with Gasteiger partial charge in [-0.2, -0.15) is 5.10 Å². The number of aromatic nitrogens is 5. The van der Waals surface area contributed by atoms with Crippen LogP contribution in [0.1, 0.15) is 24.8 Å². The number of hydrogen-bond donors (Lipinski definition) is 1. The first-order valence-electron chi connectivity index (χ1n) is 10.0. The molecule has 0 radical (unpaired) electrons. The van der Waals surface area contributed by atoms with Crippen LogP contribution in [0.25, 0.3) is 5.82 Å². The minimum absolute atomic E-state index is 0.0164. The Morgan fingerprint density at radius 2 is 1.93 bits per heavy atom. The maximum atomic E-state index is 12.6. The molecule has 1 fully saturated rings. The van der Waals surface area contributed by atoms with Crippen molar-refractivity contribution in [2.45, 2.75) is 25.7 Å². The van der Waals surface area contributed by atoms with Crippen molar-refractivity contribution in [3.8, 4) is 5.82 Å². The third kappa shape index (κ3) is 4.96. The Labute approximate surface area is 170 Å². The van der Waals surface area contributed by atoms with E-state index in [-0.39, 0.29) is 11.8 Å². The fourth-order valence-corrected chi connectivity index (χ4v) is 3.63. The summed E-state index contributed by atoms with van der Waals surface area (Å²) in [5.74, 6) is 1.53. The molecule has 150 valence electrons. The minimum Gasteiger partial charge on any atom is -0.356 e. The first kappa shape index (κ1) is 19.0. The Morgan fingerprint density at radius 3 is 2.69 bits per heavy atom. The van der Waals surface area contributed by atoms with E-state index in [1.165, 1.54) is 11.9 Å². The van der Waals surface area contributed by atoms with Gasteiger partial charge in [-0.15, -0.1) is 10.2 Å². The predicted molar refractivity (Wildman–Crippen MR) is 110 cm³/mol. The lowest BCUT2D eigenvalue weighted by atomic mass is 9.97. The molecule has 1 aromatic carbocycles. The third-order valence-corrected chi connectivity index (χ3v) is 5.19. The molecule has 3 heterocycles. The summed E-state index contributed by atoms with van der Waals surface area (Å²) in [5.41, 5.74) is 1.30. The highest BCUT2D eigenvalue weighted by atomic mass is 16.1. The minimum atomic E-state index is -0.0164. The molecule has 8 heteroatoms. The van der Waals surface area contributed by atoms with Crippen LogP contribution in [-0.2, 0) is 11.2 Å². The number of amides is 1. The number of anilines is 1. The quantitative estimate of drug-likeness (QED) is 0.620. The van der Waals surface area contributed by atoms with Gasteiger partial charge in [-0.1, -0.05) is 30.3 Å². The zero-order valence-corrected chi connectivity index (χ0v) is 16.3. The number of benzene rings is 1. The van der Waals surface area contributed by atoms with E-state index in [2.05, 4.69) is 42.6 Å². The van der Waals surface area contributed by atoms with Gasteiger partial charge in [-0.25, -0.2) is 9.67 Å². The van der Waals surface area contributed by atoms with Crippen molar-refractivity contribution in [2.24, 2.45) is 5.92 Å². The molecule has 1 aliphatic rings. The van der Waals surface area contributed by atoms with Crippen LogP contribution in [0.15, 0.2) is 55.1 Å². The summed E-state index contributed by atoms with van der Waals surface area (Å²) in [4.78, 5) is 18.7. The zero-order chi connectivity index (χ0) is 19.9. The van der Waals surface area contributed by atoms with Gasteiger partial charge in [0.25, 0.3) is 0 Å². The monoisotopic (exact) mass is 391 g/mol. The lowest BCUT2D eigenvalue weighted by Crippen LogP contribution is -2.43. The maximum absolute atomic E-state index is 12.6. The van der Waals surface area contributed by atoms with Crippen LogP contribution in [0.3, 0.4) is 0 Å². The zero-order valence-electron chi connectivity index (χ0n) is 16.3. The van der Waals surface area contributed by atoms with E-state index in [9.17, 15) is 4.79 Å². The Bertz CT molecular complexity index is 897. The van der Waals surface area contributed by atoms with Gasteiger partial charge in [0.1, 0.15) is 12.7 Å². The molecule has 2 aromatic heterocycles. The topological polar surface area (TPSA) is 88.8 Å². The number of piperidine rings is 1. The summed E-state index contributed by atoms with van der Waals surface area (Å²) < 4.78 is 1.57. The number of aryl methyl sites for hydroxylation is 1. The van der Waals surface area contributed by atoms with Gasteiger partial charge >= 0.3 is 0 Å². The lowest BCUT2D eigenvalue weighted by Gasteiger charge is -2.32. The van der Waals surface area contributed by atoms with Crippen LogP contribution in [0.4, 0.5) is 5.82 Å². The molecular weight excluding hydrogens is 366 g/mol. The standard InChI is InChI=1S/C21H25N7O/c29-21(23-12-4-8-17-6-2-1-3-7-17)18-9-5-13-27(14-18)19-10-11-20(26-25-19)28-16-22-15-24-28/h1-3,6-7,10-11,15-16,18H,4-5,8-9,12-14H2,(H,23,29). The molecule has 1 atom stereocenters. The first-order valence-corrected chi connectivity index (χ1v) is 10.0. The Morgan fingerprint density at radius 1 is 1.10 bits per heavy atom. The number of nitrogens with zero attached hydrogens (tertiary/aromatic N) is 6. The van der Waals surface area contributed by atoms with E-state index >= 15 is 0 Å². The molecule has 3 aromatic rings. The first-order chi connectivity index (χ1) is 14.3. The van der Waals surface area contributed by atoms with Gasteiger partial charge in [-0.05, 0) is 43.4 Å². The average molecular weight is 391 g/mol. The summed E-state index contributed by atoms with van der Waals surface area (Å²) in [5, 5.41) is 15.7. The number of carbonyl (C=O) groups excluding carboxylic acids is 1. The van der Waals surface area contributed by atoms with E-state index < -0.39 is 0 Å². The second kappa shape index (κ2) is 9.27. The number of rotatable bonds is 7. The van der Waals surface area contributed by atoms with E-state index in [4.69, 9.17) is 0 Å². The highest BCUT2D eigenvalue weighted by Crippen LogP contribution is 2.21. The van der Waals surface area contributed by atoms with Gasteiger partial charge in [0.15, 0.2) is 11.6 Å². The molecule has 1 saturated heterocycles.